The van der Waals surface area contributed by atoms with Crippen LogP contribution in [0.15, 0.2) is 42.3 Å². The summed E-state index contributed by atoms with van der Waals surface area (Å²) in [6.07, 6.45) is 6.96. The van der Waals surface area contributed by atoms with Crippen molar-refractivity contribution in [2.45, 2.75) is 0 Å². The molecule has 1 aliphatic rings. The standard InChI is InChI=1S/C14H16N4O2/c1-15-14(20)11-6-3-7-16-12(11)17-13(19)10-5-4-8-18(2)9-10/h3-8H,9H2,1-2H3,(H,15,20)(H,16,17,19). The normalized spacial score (nSPS) is 13.7. The molecule has 0 aromatic carbocycles. The molecule has 0 radical (unpaired) electrons. The van der Waals surface area contributed by atoms with Crippen molar-refractivity contribution in [1.29, 1.82) is 0 Å². The third kappa shape index (κ3) is 3.03. The Morgan fingerprint density at radius 2 is 2.15 bits per heavy atom. The fraction of sp³-hybridized carbons (Fsp3) is 0.214. The van der Waals surface area contributed by atoms with E-state index in [9.17, 15) is 9.59 Å². The molecule has 20 heavy (non-hydrogen) atoms. The van der Waals surface area contributed by atoms with Gasteiger partial charge in [-0.15, -0.1) is 0 Å². The van der Waals surface area contributed by atoms with Crippen LogP contribution >= 0.6 is 0 Å². The summed E-state index contributed by atoms with van der Waals surface area (Å²) in [6.45, 7) is 0.518. The molecule has 2 amide bonds. The highest BCUT2D eigenvalue weighted by molar-refractivity contribution is 6.08. The molecule has 1 aromatic heterocycles. The highest BCUT2D eigenvalue weighted by atomic mass is 16.2. The third-order valence-electron chi connectivity index (χ3n) is 2.86. The van der Waals surface area contributed by atoms with Crippen LogP contribution in [-0.2, 0) is 4.79 Å². The van der Waals surface area contributed by atoms with E-state index in [-0.39, 0.29) is 17.6 Å². The second kappa shape index (κ2) is 6.01. The fourth-order valence-corrected chi connectivity index (χ4v) is 1.84. The first-order chi connectivity index (χ1) is 9.61. The number of hydrogen-bond donors (Lipinski definition) is 2. The molecule has 6 heteroatoms. The maximum atomic E-state index is 12.2. The van der Waals surface area contributed by atoms with Crippen LogP contribution in [0.3, 0.4) is 0 Å². The number of pyridine rings is 1. The first-order valence-electron chi connectivity index (χ1n) is 6.18. The Morgan fingerprint density at radius 3 is 2.85 bits per heavy atom. The van der Waals surface area contributed by atoms with Crippen LogP contribution in [0.25, 0.3) is 0 Å². The van der Waals surface area contributed by atoms with Crippen LogP contribution < -0.4 is 10.6 Å². The molecule has 0 bridgehead atoms. The fourth-order valence-electron chi connectivity index (χ4n) is 1.84. The van der Waals surface area contributed by atoms with Gasteiger partial charge in [0.05, 0.1) is 5.56 Å². The van der Waals surface area contributed by atoms with Crippen molar-refractivity contribution in [3.05, 3.63) is 47.8 Å². The Morgan fingerprint density at radius 1 is 1.35 bits per heavy atom. The van der Waals surface area contributed by atoms with Crippen LogP contribution in [0.4, 0.5) is 5.82 Å². The van der Waals surface area contributed by atoms with E-state index in [0.29, 0.717) is 17.7 Å². The van der Waals surface area contributed by atoms with Gasteiger partial charge in [0.2, 0.25) is 0 Å². The van der Waals surface area contributed by atoms with Crippen molar-refractivity contribution < 1.29 is 9.59 Å². The molecular formula is C14H16N4O2. The van der Waals surface area contributed by atoms with Crippen LogP contribution in [0, 0.1) is 0 Å². The van der Waals surface area contributed by atoms with Crippen LogP contribution in [0.5, 0.6) is 0 Å². The van der Waals surface area contributed by atoms with Crippen LogP contribution in [0.1, 0.15) is 10.4 Å². The highest BCUT2D eigenvalue weighted by Gasteiger charge is 2.17. The quantitative estimate of drug-likeness (QED) is 0.852. The second-order valence-corrected chi connectivity index (χ2v) is 4.38. The SMILES string of the molecule is CNC(=O)c1cccnc1NC(=O)C1=CC=CN(C)C1. The zero-order valence-electron chi connectivity index (χ0n) is 11.4. The van der Waals surface area contributed by atoms with E-state index >= 15 is 0 Å². The van der Waals surface area contributed by atoms with Gasteiger partial charge in [-0.1, -0.05) is 6.08 Å². The topological polar surface area (TPSA) is 74.3 Å². The Kier molecular flexibility index (Phi) is 4.14. The van der Waals surface area contributed by atoms with E-state index in [1.165, 1.54) is 13.2 Å². The van der Waals surface area contributed by atoms with Crippen molar-refractivity contribution in [2.24, 2.45) is 0 Å². The number of hydrogen-bond acceptors (Lipinski definition) is 4. The number of anilines is 1. The summed E-state index contributed by atoms with van der Waals surface area (Å²) in [5.74, 6) is -0.289. The lowest BCUT2D eigenvalue weighted by atomic mass is 10.1. The van der Waals surface area contributed by atoms with E-state index in [1.807, 2.05) is 18.1 Å². The summed E-state index contributed by atoms with van der Waals surface area (Å²) in [5, 5.41) is 5.19. The molecule has 2 heterocycles. The highest BCUT2D eigenvalue weighted by Crippen LogP contribution is 2.14. The van der Waals surface area contributed by atoms with E-state index in [4.69, 9.17) is 0 Å². The number of nitrogens with one attached hydrogen (secondary N) is 2. The van der Waals surface area contributed by atoms with E-state index in [1.54, 1.807) is 24.3 Å². The molecule has 104 valence electrons. The lowest BCUT2D eigenvalue weighted by Gasteiger charge is -2.19. The number of amides is 2. The van der Waals surface area contributed by atoms with Crippen molar-refractivity contribution in [2.75, 3.05) is 26.0 Å². The summed E-state index contributed by atoms with van der Waals surface area (Å²) in [5.41, 5.74) is 0.951. The number of aromatic nitrogens is 1. The van der Waals surface area contributed by atoms with Gasteiger partial charge in [-0.2, -0.15) is 0 Å². The van der Waals surface area contributed by atoms with Gasteiger partial charge in [0.25, 0.3) is 11.8 Å². The predicted octanol–water partition coefficient (Wildman–Crippen LogP) is 0.765. The largest absolute Gasteiger partial charge is 0.376 e. The second-order valence-electron chi connectivity index (χ2n) is 4.38. The molecule has 2 rings (SSSR count). The van der Waals surface area contributed by atoms with Gasteiger partial charge in [-0.3, -0.25) is 9.59 Å². The Bertz CT molecular complexity index is 593. The third-order valence-corrected chi connectivity index (χ3v) is 2.86. The van der Waals surface area contributed by atoms with Gasteiger partial charge in [0, 0.05) is 32.4 Å². The van der Waals surface area contributed by atoms with Gasteiger partial charge in [0.1, 0.15) is 5.82 Å². The van der Waals surface area contributed by atoms with Crippen molar-refractivity contribution in [1.82, 2.24) is 15.2 Å². The predicted molar refractivity (Wildman–Crippen MR) is 76.1 cm³/mol. The van der Waals surface area contributed by atoms with E-state index in [2.05, 4.69) is 15.6 Å². The molecule has 0 spiro atoms. The number of nitrogens with zero attached hydrogens (tertiary/aromatic N) is 2. The van der Waals surface area contributed by atoms with Gasteiger partial charge in [-0.25, -0.2) is 4.98 Å². The Hall–Kier alpha value is -2.63. The minimum atomic E-state index is -0.289. The monoisotopic (exact) mass is 272 g/mol. The molecule has 0 fully saturated rings. The lowest BCUT2D eigenvalue weighted by Crippen LogP contribution is -2.27. The van der Waals surface area contributed by atoms with Crippen LogP contribution in [0.2, 0.25) is 0 Å². The molecule has 6 nitrogen and oxygen atoms in total. The summed E-state index contributed by atoms with van der Waals surface area (Å²) in [7, 11) is 3.41. The molecule has 0 aliphatic carbocycles. The zero-order chi connectivity index (χ0) is 14.5. The summed E-state index contributed by atoms with van der Waals surface area (Å²) in [4.78, 5) is 29.8. The zero-order valence-corrected chi connectivity index (χ0v) is 11.4. The van der Waals surface area contributed by atoms with Gasteiger partial charge in [0.15, 0.2) is 0 Å². The number of carbonyl (C=O) groups is 2. The van der Waals surface area contributed by atoms with E-state index < -0.39 is 0 Å². The minimum absolute atomic E-state index is 0.259. The smallest absolute Gasteiger partial charge is 0.254 e. The molecule has 1 aliphatic heterocycles. The molecular weight excluding hydrogens is 256 g/mol. The lowest BCUT2D eigenvalue weighted by molar-refractivity contribution is -0.113. The number of likely N-dealkylation sites (N-methyl/N-ethyl adjacent to an activating group) is 1. The van der Waals surface area contributed by atoms with Crippen molar-refractivity contribution in [3.8, 4) is 0 Å². The van der Waals surface area contributed by atoms with Crippen LogP contribution in [-0.4, -0.2) is 42.3 Å². The molecule has 0 atom stereocenters. The average molecular weight is 272 g/mol. The Balaban J connectivity index is 2.18. The molecule has 0 saturated heterocycles. The first-order valence-corrected chi connectivity index (χ1v) is 6.18. The number of allylic oxidation sites excluding steroid dienone is 2. The molecule has 0 saturated carbocycles. The number of carbonyl (C=O) groups excluding carboxylic acids is 2. The first kappa shape index (κ1) is 13.8. The number of rotatable bonds is 3. The summed E-state index contributed by atoms with van der Waals surface area (Å²) in [6, 6.07) is 3.26. The van der Waals surface area contributed by atoms with Gasteiger partial charge < -0.3 is 15.5 Å². The summed E-state index contributed by atoms with van der Waals surface area (Å²) < 4.78 is 0. The van der Waals surface area contributed by atoms with E-state index in [0.717, 1.165) is 0 Å². The molecule has 2 N–H and O–H groups in total. The van der Waals surface area contributed by atoms with Gasteiger partial charge >= 0.3 is 0 Å². The van der Waals surface area contributed by atoms with Crippen molar-refractivity contribution >= 4 is 17.6 Å². The molecule has 0 unspecified atom stereocenters. The maximum Gasteiger partial charge on any atom is 0.254 e. The summed E-state index contributed by atoms with van der Waals surface area (Å²) >= 11 is 0. The van der Waals surface area contributed by atoms with Gasteiger partial charge in [-0.05, 0) is 24.4 Å². The maximum absolute atomic E-state index is 12.2. The Labute approximate surface area is 117 Å². The molecule has 1 aromatic rings. The van der Waals surface area contributed by atoms with Crippen molar-refractivity contribution in [3.63, 3.8) is 0 Å². The minimum Gasteiger partial charge on any atom is -0.376 e. The average Bonchev–Trinajstić information content (AvgIpc) is 2.47.